The van der Waals surface area contributed by atoms with Gasteiger partial charge in [0.2, 0.25) is 10.0 Å². The van der Waals surface area contributed by atoms with Crippen LogP contribution in [0.25, 0.3) is 21.9 Å². The largest absolute Gasteiger partial charge is 0.339 e. The molecule has 0 aliphatic carbocycles. The Morgan fingerprint density at radius 2 is 2.00 bits per heavy atom. The minimum Gasteiger partial charge on any atom is -0.339 e. The lowest BCUT2D eigenvalue weighted by Gasteiger charge is -2.19. The average Bonchev–Trinajstić information content (AvgIpc) is 3.28. The molecule has 2 aromatic carbocycles. The second kappa shape index (κ2) is 5.77. The van der Waals surface area contributed by atoms with Crippen molar-refractivity contribution in [2.75, 3.05) is 18.5 Å². The number of para-hydroxylation sites is 1. The monoisotopic (exact) mass is 379 g/mol. The number of hydrogen-bond acceptors (Lipinski definition) is 5. The molecule has 0 saturated heterocycles. The molecule has 0 amide bonds. The van der Waals surface area contributed by atoms with Gasteiger partial charge in [0.25, 0.3) is 0 Å². The molecule has 0 bridgehead atoms. The third-order valence-electron chi connectivity index (χ3n) is 5.06. The number of fused-ring (bicyclic) bond motifs is 4. The van der Waals surface area contributed by atoms with Crippen molar-refractivity contribution in [3.63, 3.8) is 0 Å². The van der Waals surface area contributed by atoms with Crippen molar-refractivity contribution in [3.05, 3.63) is 54.4 Å². The van der Waals surface area contributed by atoms with Crippen molar-refractivity contribution in [2.45, 2.75) is 11.3 Å². The Morgan fingerprint density at radius 1 is 1.15 bits per heavy atom. The molecule has 1 aliphatic rings. The Kier molecular flexibility index (Phi) is 3.46. The highest BCUT2D eigenvalue weighted by molar-refractivity contribution is 7.89. The third-order valence-corrected chi connectivity index (χ3v) is 6.48. The summed E-state index contributed by atoms with van der Waals surface area (Å²) in [7, 11) is -2.09. The third kappa shape index (κ3) is 2.41. The highest BCUT2D eigenvalue weighted by atomic mass is 32.2. The molecule has 4 aromatic rings. The number of benzene rings is 2. The average molecular weight is 379 g/mol. The Morgan fingerprint density at radius 3 is 2.85 bits per heavy atom. The van der Waals surface area contributed by atoms with Crippen LogP contribution < -0.4 is 9.62 Å². The van der Waals surface area contributed by atoms with Crippen LogP contribution in [0.1, 0.15) is 5.56 Å². The van der Waals surface area contributed by atoms with Gasteiger partial charge >= 0.3 is 0 Å². The zero-order valence-electron chi connectivity index (χ0n) is 14.6. The molecule has 8 heteroatoms. The fourth-order valence-corrected chi connectivity index (χ4v) is 4.48. The van der Waals surface area contributed by atoms with Crippen molar-refractivity contribution < 1.29 is 8.42 Å². The molecule has 5 rings (SSSR count). The zero-order chi connectivity index (χ0) is 18.6. The summed E-state index contributed by atoms with van der Waals surface area (Å²) >= 11 is 0. The first-order valence-electron chi connectivity index (χ1n) is 8.64. The van der Waals surface area contributed by atoms with E-state index in [1.807, 2.05) is 30.3 Å². The molecule has 0 unspecified atom stereocenters. The molecule has 3 heterocycles. The van der Waals surface area contributed by atoms with Crippen LogP contribution >= 0.6 is 0 Å². The van der Waals surface area contributed by atoms with E-state index >= 15 is 0 Å². The van der Waals surface area contributed by atoms with Gasteiger partial charge in [0.15, 0.2) is 0 Å². The first-order chi connectivity index (χ1) is 13.1. The van der Waals surface area contributed by atoms with Crippen molar-refractivity contribution in [1.82, 2.24) is 19.7 Å². The number of nitrogens with zero attached hydrogens (tertiary/aromatic N) is 3. The number of aromatic amines is 1. The van der Waals surface area contributed by atoms with Crippen LogP contribution in [-0.2, 0) is 16.4 Å². The minimum absolute atomic E-state index is 0.250. The van der Waals surface area contributed by atoms with E-state index in [2.05, 4.69) is 24.6 Å². The summed E-state index contributed by atoms with van der Waals surface area (Å²) in [6.45, 7) is 0.740. The van der Waals surface area contributed by atoms with Crippen LogP contribution in [-0.4, -0.2) is 37.0 Å². The van der Waals surface area contributed by atoms with Gasteiger partial charge in [-0.15, -0.1) is 0 Å². The van der Waals surface area contributed by atoms with Gasteiger partial charge in [-0.1, -0.05) is 24.3 Å². The second-order valence-corrected chi connectivity index (χ2v) is 8.38. The van der Waals surface area contributed by atoms with Gasteiger partial charge in [-0.25, -0.2) is 23.1 Å². The normalized spacial score (nSPS) is 14.2. The maximum Gasteiger partial charge on any atom is 0.240 e. The Labute approximate surface area is 156 Å². The maximum absolute atomic E-state index is 12.2. The number of anilines is 2. The summed E-state index contributed by atoms with van der Waals surface area (Å²) in [6.07, 6.45) is 2.38. The quantitative estimate of drug-likeness (QED) is 0.571. The molecule has 1 aliphatic heterocycles. The molecule has 0 fully saturated rings. The molecule has 0 atom stereocenters. The van der Waals surface area contributed by atoms with Crippen LogP contribution in [0.5, 0.6) is 0 Å². The van der Waals surface area contributed by atoms with Gasteiger partial charge in [-0.3, -0.25) is 0 Å². The van der Waals surface area contributed by atoms with Crippen LogP contribution in [0, 0.1) is 0 Å². The van der Waals surface area contributed by atoms with Crippen LogP contribution in [0.15, 0.2) is 53.7 Å². The fourth-order valence-electron chi connectivity index (χ4n) is 3.73. The number of rotatable bonds is 3. The second-order valence-electron chi connectivity index (χ2n) is 6.49. The van der Waals surface area contributed by atoms with Crippen molar-refractivity contribution in [1.29, 1.82) is 0 Å². The number of sulfonamides is 1. The van der Waals surface area contributed by atoms with Gasteiger partial charge < -0.3 is 9.88 Å². The Bertz CT molecular complexity index is 1300. The first-order valence-corrected chi connectivity index (χ1v) is 10.1. The van der Waals surface area contributed by atoms with E-state index < -0.39 is 10.0 Å². The van der Waals surface area contributed by atoms with E-state index in [9.17, 15) is 8.42 Å². The van der Waals surface area contributed by atoms with Crippen molar-refractivity contribution >= 4 is 43.5 Å². The first kappa shape index (κ1) is 16.2. The van der Waals surface area contributed by atoms with Gasteiger partial charge in [0, 0.05) is 23.1 Å². The molecular weight excluding hydrogens is 362 g/mol. The van der Waals surface area contributed by atoms with E-state index in [1.54, 1.807) is 18.5 Å². The summed E-state index contributed by atoms with van der Waals surface area (Å²) in [6, 6.07) is 13.3. The van der Waals surface area contributed by atoms with E-state index in [0.29, 0.717) is 0 Å². The summed E-state index contributed by atoms with van der Waals surface area (Å²) < 4.78 is 26.8. The van der Waals surface area contributed by atoms with Crippen molar-refractivity contribution in [2.24, 2.45) is 0 Å². The molecule has 0 radical (unpaired) electrons. The highest BCUT2D eigenvalue weighted by Gasteiger charge is 2.26. The Balaban J connectivity index is 1.74. The molecule has 0 spiro atoms. The highest BCUT2D eigenvalue weighted by Crippen LogP contribution is 2.39. The smallest absolute Gasteiger partial charge is 0.240 e. The molecular formula is C19H17N5O2S. The van der Waals surface area contributed by atoms with Gasteiger partial charge in [-0.05, 0) is 37.2 Å². The number of hydrogen-bond donors (Lipinski definition) is 2. The Hall–Kier alpha value is -2.97. The standard InChI is InChI=1S/C19H17N5O2S/c1-20-27(25,26)13-7-6-12-8-9-24(16(12)10-13)19-17-14-4-2-3-5-15(14)23-18(17)21-11-22-19/h2-7,10-11,20H,8-9H2,1H3,(H,21,22,23). The molecule has 2 N–H and O–H groups in total. The number of aromatic nitrogens is 3. The van der Waals surface area contributed by atoms with E-state index in [4.69, 9.17) is 0 Å². The van der Waals surface area contributed by atoms with Crippen LogP contribution in [0.4, 0.5) is 11.5 Å². The van der Waals surface area contributed by atoms with Gasteiger partial charge in [-0.2, -0.15) is 0 Å². The van der Waals surface area contributed by atoms with E-state index in [-0.39, 0.29) is 4.90 Å². The topological polar surface area (TPSA) is 91.0 Å². The molecule has 27 heavy (non-hydrogen) atoms. The van der Waals surface area contributed by atoms with Crippen LogP contribution in [0.3, 0.4) is 0 Å². The summed E-state index contributed by atoms with van der Waals surface area (Å²) in [5, 5.41) is 2.00. The molecule has 136 valence electrons. The predicted octanol–water partition coefficient (Wildman–Crippen LogP) is 2.71. The van der Waals surface area contributed by atoms with Gasteiger partial charge in [0.05, 0.1) is 10.3 Å². The lowest BCUT2D eigenvalue weighted by Crippen LogP contribution is -2.19. The lowest BCUT2D eigenvalue weighted by molar-refractivity contribution is 0.588. The lowest BCUT2D eigenvalue weighted by atomic mass is 10.1. The van der Waals surface area contributed by atoms with Crippen molar-refractivity contribution in [3.8, 4) is 0 Å². The molecule has 7 nitrogen and oxygen atoms in total. The summed E-state index contributed by atoms with van der Waals surface area (Å²) in [5.41, 5.74) is 3.75. The van der Waals surface area contributed by atoms with Crippen LogP contribution in [0.2, 0.25) is 0 Å². The molecule has 2 aromatic heterocycles. The van der Waals surface area contributed by atoms with E-state index in [1.165, 1.54) is 7.05 Å². The minimum atomic E-state index is -3.51. The fraction of sp³-hybridized carbons (Fsp3) is 0.158. The predicted molar refractivity (Wildman–Crippen MR) is 105 cm³/mol. The molecule has 0 saturated carbocycles. The number of nitrogens with one attached hydrogen (secondary N) is 2. The zero-order valence-corrected chi connectivity index (χ0v) is 15.4. The van der Waals surface area contributed by atoms with E-state index in [0.717, 1.165) is 52.0 Å². The van der Waals surface area contributed by atoms with Gasteiger partial charge in [0.1, 0.15) is 17.8 Å². The SMILES string of the molecule is CNS(=O)(=O)c1ccc2c(c1)N(c1ncnc3[nH]c4ccccc4c13)CC2. The summed E-state index contributed by atoms with van der Waals surface area (Å²) in [4.78, 5) is 14.6. The maximum atomic E-state index is 12.2. The number of H-pyrrole nitrogens is 1. The summed E-state index contributed by atoms with van der Waals surface area (Å²) in [5.74, 6) is 0.787.